The lowest BCUT2D eigenvalue weighted by atomic mass is 10.0. The summed E-state index contributed by atoms with van der Waals surface area (Å²) >= 11 is 0. The lowest BCUT2D eigenvalue weighted by molar-refractivity contribution is -0.384. The van der Waals surface area contributed by atoms with Crippen LogP contribution < -0.4 is 10.2 Å². The first-order chi connectivity index (χ1) is 14.1. The molecule has 2 atom stereocenters. The molecule has 3 N–H and O–H groups in total. The van der Waals surface area contributed by atoms with Crippen LogP contribution in [0.1, 0.15) is 14.7 Å². The first-order valence-electron chi connectivity index (χ1n) is 9.23. The molecule has 1 saturated heterocycles. The predicted octanol–water partition coefficient (Wildman–Crippen LogP) is 1.74. The van der Waals surface area contributed by atoms with Crippen LogP contribution in [0.3, 0.4) is 0 Å². The van der Waals surface area contributed by atoms with Crippen LogP contribution in [-0.4, -0.2) is 51.4 Å². The van der Waals surface area contributed by atoms with E-state index in [1.807, 2.05) is 6.07 Å². The Bertz CT molecular complexity index is 1040. The minimum Gasteiger partial charge on any atom is -0.465 e. The van der Waals surface area contributed by atoms with Gasteiger partial charge in [-0.05, 0) is 30.2 Å². The molecule has 1 amide bonds. The monoisotopic (exact) mass is 385 g/mol. The highest BCUT2D eigenvalue weighted by Crippen LogP contribution is 2.37. The molecule has 0 aliphatic carbocycles. The molecule has 3 rings (SSSR count). The summed E-state index contributed by atoms with van der Waals surface area (Å²) in [4.78, 5) is 27.2. The lowest BCUT2D eigenvalue weighted by Gasteiger charge is -2.25. The zero-order chi connectivity index (χ0) is 22.1. The van der Waals surface area contributed by atoms with Crippen molar-refractivity contribution in [2.75, 3.05) is 18.0 Å². The molecule has 2 heterocycles. The Kier molecular flexibility index (Phi) is 4.64. The summed E-state index contributed by atoms with van der Waals surface area (Å²) in [7, 11) is 0. The second-order valence-corrected chi connectivity index (χ2v) is 6.17. The SMILES string of the molecule is [2H]C([2H])(O)[C@@H]1C[C@H](NC(=O)O)CN1c1cc(-c2cnccc2C#N)ccc1[N+](=O)[O-]. The largest absolute Gasteiger partial charge is 0.465 e. The molecule has 2 aromatic rings. The number of nitriles is 1. The van der Waals surface area contributed by atoms with Gasteiger partial charge in [-0.25, -0.2) is 4.79 Å². The number of hydrogen-bond donors (Lipinski definition) is 3. The first-order valence-corrected chi connectivity index (χ1v) is 8.23. The zero-order valence-corrected chi connectivity index (χ0v) is 14.4. The van der Waals surface area contributed by atoms with E-state index in [9.17, 15) is 25.3 Å². The van der Waals surface area contributed by atoms with Crippen molar-refractivity contribution in [1.82, 2.24) is 10.3 Å². The van der Waals surface area contributed by atoms with Gasteiger partial charge in [-0.2, -0.15) is 5.26 Å². The number of nitro benzene ring substituents is 1. The van der Waals surface area contributed by atoms with Crippen molar-refractivity contribution < 1.29 is 22.7 Å². The lowest BCUT2D eigenvalue weighted by Crippen LogP contribution is -2.36. The van der Waals surface area contributed by atoms with Gasteiger partial charge in [0.15, 0.2) is 0 Å². The molecule has 0 saturated carbocycles. The molecule has 0 spiro atoms. The summed E-state index contributed by atoms with van der Waals surface area (Å²) in [5.41, 5.74) is 0.825. The van der Waals surface area contributed by atoms with Gasteiger partial charge in [0.25, 0.3) is 5.69 Å². The second kappa shape index (κ2) is 7.89. The van der Waals surface area contributed by atoms with Gasteiger partial charge in [0, 0.05) is 30.6 Å². The maximum Gasteiger partial charge on any atom is 0.404 e. The van der Waals surface area contributed by atoms with Crippen molar-refractivity contribution in [3.8, 4) is 17.2 Å². The molecule has 144 valence electrons. The average molecular weight is 385 g/mol. The van der Waals surface area contributed by atoms with Crippen molar-refractivity contribution >= 4 is 17.5 Å². The van der Waals surface area contributed by atoms with Gasteiger partial charge >= 0.3 is 6.09 Å². The van der Waals surface area contributed by atoms with Gasteiger partial charge in [-0.3, -0.25) is 15.1 Å². The molecule has 10 heteroatoms. The number of benzene rings is 1. The molecular formula is C18H17N5O5. The molecule has 1 fully saturated rings. The fourth-order valence-corrected chi connectivity index (χ4v) is 3.30. The molecule has 0 radical (unpaired) electrons. The molecule has 0 bridgehead atoms. The minimum atomic E-state index is -2.75. The van der Waals surface area contributed by atoms with E-state index in [0.29, 0.717) is 16.7 Å². The normalized spacial score (nSPS) is 20.1. The second-order valence-electron chi connectivity index (χ2n) is 6.17. The van der Waals surface area contributed by atoms with Gasteiger partial charge in [-0.1, -0.05) is 0 Å². The van der Waals surface area contributed by atoms with Crippen LogP contribution in [0.25, 0.3) is 11.1 Å². The Morgan fingerprint density at radius 3 is 2.96 bits per heavy atom. The minimum absolute atomic E-state index is 0.00265. The summed E-state index contributed by atoms with van der Waals surface area (Å²) in [6, 6.07) is 5.63. The number of rotatable bonds is 5. The first kappa shape index (κ1) is 16.5. The number of aliphatic hydroxyl groups is 1. The van der Waals surface area contributed by atoms with Crippen LogP contribution in [0.4, 0.5) is 16.2 Å². The van der Waals surface area contributed by atoms with Crippen molar-refractivity contribution in [3.63, 3.8) is 0 Å². The number of carboxylic acid groups (broad SMARTS) is 1. The highest BCUT2D eigenvalue weighted by atomic mass is 16.6. The van der Waals surface area contributed by atoms with Crippen LogP contribution in [0.5, 0.6) is 0 Å². The van der Waals surface area contributed by atoms with Gasteiger partial charge in [0.05, 0.1) is 37.9 Å². The fraction of sp³-hybridized carbons (Fsp3) is 0.278. The van der Waals surface area contributed by atoms with Crippen molar-refractivity contribution in [1.29, 1.82) is 5.26 Å². The van der Waals surface area contributed by atoms with E-state index in [2.05, 4.69) is 10.3 Å². The van der Waals surface area contributed by atoms with E-state index >= 15 is 0 Å². The van der Waals surface area contributed by atoms with E-state index in [0.717, 1.165) is 0 Å². The van der Waals surface area contributed by atoms with E-state index in [1.165, 1.54) is 41.6 Å². The van der Waals surface area contributed by atoms with Crippen molar-refractivity contribution in [2.24, 2.45) is 0 Å². The number of hydrogen-bond acceptors (Lipinski definition) is 7. The molecule has 1 aliphatic rings. The van der Waals surface area contributed by atoms with Gasteiger partial charge in [0.2, 0.25) is 0 Å². The molecule has 28 heavy (non-hydrogen) atoms. The Labute approximate surface area is 162 Å². The van der Waals surface area contributed by atoms with Crippen LogP contribution in [-0.2, 0) is 0 Å². The maximum atomic E-state index is 11.6. The molecular weight excluding hydrogens is 366 g/mol. The Morgan fingerprint density at radius 1 is 1.54 bits per heavy atom. The van der Waals surface area contributed by atoms with Crippen LogP contribution in [0.15, 0.2) is 36.7 Å². The van der Waals surface area contributed by atoms with Gasteiger partial charge in [-0.15, -0.1) is 0 Å². The highest BCUT2D eigenvalue weighted by molar-refractivity contribution is 5.78. The Morgan fingerprint density at radius 2 is 2.32 bits per heavy atom. The average Bonchev–Trinajstić information content (AvgIpc) is 3.11. The van der Waals surface area contributed by atoms with Crippen molar-refractivity contribution in [3.05, 3.63) is 52.3 Å². The van der Waals surface area contributed by atoms with E-state index < -0.39 is 29.7 Å². The fourth-order valence-electron chi connectivity index (χ4n) is 3.30. The van der Waals surface area contributed by atoms with E-state index in [-0.39, 0.29) is 24.3 Å². The van der Waals surface area contributed by atoms with Gasteiger partial charge in [0.1, 0.15) is 5.69 Å². The Balaban J connectivity index is 2.13. The topological polar surface area (TPSA) is 153 Å². The number of nitro groups is 1. The number of aromatic nitrogens is 1. The zero-order valence-electron chi connectivity index (χ0n) is 16.4. The molecule has 10 nitrogen and oxygen atoms in total. The Hall–Kier alpha value is -3.71. The van der Waals surface area contributed by atoms with E-state index in [1.54, 1.807) is 0 Å². The molecule has 0 unspecified atom stereocenters. The molecule has 1 aliphatic heterocycles. The standard InChI is InChI=1S/C18H17N5O5/c19-7-12-3-4-20-8-15(12)11-1-2-16(23(27)28)17(5-11)22-9-13(21-18(25)26)6-14(22)10-24/h1-5,8,13-14,21,24H,6,9-10H2,(H,25,26)/t13-,14-/m0/s1/i10D2. The number of nitrogens with zero attached hydrogens (tertiary/aromatic N) is 4. The quantitative estimate of drug-likeness (QED) is 0.519. The summed E-state index contributed by atoms with van der Waals surface area (Å²) < 4.78 is 15.4. The summed E-state index contributed by atoms with van der Waals surface area (Å²) in [5.74, 6) is 0. The van der Waals surface area contributed by atoms with Gasteiger partial charge < -0.3 is 20.4 Å². The number of nitrogens with one attached hydrogen (secondary N) is 1. The van der Waals surface area contributed by atoms with Crippen LogP contribution >= 0.6 is 0 Å². The maximum absolute atomic E-state index is 11.6. The van der Waals surface area contributed by atoms with Crippen LogP contribution in [0, 0.1) is 21.4 Å². The summed E-state index contributed by atoms with van der Waals surface area (Å²) in [5, 5.41) is 42.1. The number of carbonyl (C=O) groups is 1. The third-order valence-electron chi connectivity index (χ3n) is 4.51. The number of anilines is 1. The van der Waals surface area contributed by atoms with Crippen molar-refractivity contribution in [2.45, 2.75) is 18.5 Å². The predicted molar refractivity (Wildman–Crippen MR) is 98.8 cm³/mol. The summed E-state index contributed by atoms with van der Waals surface area (Å²) in [6.45, 7) is -2.83. The third-order valence-corrected chi connectivity index (χ3v) is 4.51. The third kappa shape index (κ3) is 3.70. The van der Waals surface area contributed by atoms with E-state index in [4.69, 9.17) is 7.85 Å². The molecule has 1 aromatic heterocycles. The molecule has 1 aromatic carbocycles. The smallest absolute Gasteiger partial charge is 0.404 e. The number of pyridine rings is 1. The van der Waals surface area contributed by atoms with Crippen LogP contribution in [0.2, 0.25) is 0 Å². The summed E-state index contributed by atoms with van der Waals surface area (Å²) in [6.07, 6.45) is 1.46. The highest BCUT2D eigenvalue weighted by Gasteiger charge is 2.36. The number of amides is 1.